The molecule has 1 atom stereocenters. The molecule has 17 nitrogen and oxygen atoms in total. The number of hydrogen-bond donors (Lipinski definition) is 2. The predicted octanol–water partition coefficient (Wildman–Crippen LogP) is 8.01. The molecular weight excluding hydrogens is 1050 g/mol. The minimum absolute atomic E-state index is 0.0154. The molecule has 0 aliphatic heterocycles. The number of nitrogens with one attached hydrogen (secondary N) is 2. The summed E-state index contributed by atoms with van der Waals surface area (Å²) < 4.78 is 94.2. The van der Waals surface area contributed by atoms with Crippen LogP contribution < -0.4 is 24.2 Å². The number of halogens is 1. The van der Waals surface area contributed by atoms with Gasteiger partial charge in [0.2, 0.25) is 25.9 Å². The molecule has 1 amide bonds. The van der Waals surface area contributed by atoms with Crippen molar-refractivity contribution in [3.8, 4) is 28.6 Å². The van der Waals surface area contributed by atoms with Crippen molar-refractivity contribution in [2.45, 2.75) is 81.0 Å². The van der Waals surface area contributed by atoms with Crippen molar-refractivity contribution in [2.24, 2.45) is 0 Å². The number of rotatable bonds is 22. The lowest BCUT2D eigenvalue weighted by Gasteiger charge is -2.37. The van der Waals surface area contributed by atoms with E-state index >= 15 is 16.8 Å². The van der Waals surface area contributed by atoms with Gasteiger partial charge in [-0.25, -0.2) is 26.4 Å². The fourth-order valence-electron chi connectivity index (χ4n) is 6.67. The summed E-state index contributed by atoms with van der Waals surface area (Å²) in [6, 6.07) is 31.8. The fourth-order valence-corrected chi connectivity index (χ4v) is 12.2. The first-order chi connectivity index (χ1) is 32.7. The molecule has 6 rings (SSSR count). The molecule has 0 saturated heterocycles. The molecule has 0 aliphatic rings. The normalized spacial score (nSPS) is 12.7. The maximum Gasteiger partial charge on any atom is 0.407 e. The number of tetrazole rings is 1. The molecule has 0 radical (unpaired) electrons. The van der Waals surface area contributed by atoms with E-state index in [2.05, 4.69) is 25.4 Å². The molecule has 5 aromatic carbocycles. The summed E-state index contributed by atoms with van der Waals surface area (Å²) in [4.78, 5) is 13.2. The van der Waals surface area contributed by atoms with Gasteiger partial charge >= 0.3 is 6.09 Å². The quantitative estimate of drug-likeness (QED) is 0.0490. The molecule has 0 spiro atoms. The van der Waals surface area contributed by atoms with Gasteiger partial charge in [-0.15, -0.1) is 10.2 Å². The van der Waals surface area contributed by atoms with Gasteiger partial charge in [-0.3, -0.25) is 0 Å². The van der Waals surface area contributed by atoms with Gasteiger partial charge in [-0.2, -0.15) is 9.10 Å². The van der Waals surface area contributed by atoms with E-state index in [0.717, 1.165) is 11.1 Å². The highest BCUT2D eigenvalue weighted by atomic mass is 127. The monoisotopic (exact) mass is 1110 g/mol. The second-order valence-corrected chi connectivity index (χ2v) is 27.1. The highest BCUT2D eigenvalue weighted by Gasteiger charge is 2.40. The molecular formula is C48H58IN7O10S2Si. The molecule has 0 aliphatic carbocycles. The van der Waals surface area contributed by atoms with E-state index in [1.54, 1.807) is 67.8 Å². The number of aromatic nitrogens is 4. The Morgan fingerprint density at radius 1 is 0.754 bits per heavy atom. The number of alkyl carbamates (subject to hydrolysis) is 1. The van der Waals surface area contributed by atoms with Crippen LogP contribution in [0.3, 0.4) is 0 Å². The molecule has 368 valence electrons. The summed E-state index contributed by atoms with van der Waals surface area (Å²) in [6.07, 6.45) is -0.785. The molecule has 0 bridgehead atoms. The first-order valence-electron chi connectivity index (χ1n) is 21.8. The molecule has 0 fully saturated rings. The van der Waals surface area contributed by atoms with Crippen LogP contribution in [-0.4, -0.2) is 96.3 Å². The van der Waals surface area contributed by atoms with E-state index in [9.17, 15) is 4.79 Å². The first kappa shape index (κ1) is 52.9. The smallest absolute Gasteiger partial charge is 0.407 e. The van der Waals surface area contributed by atoms with Crippen LogP contribution in [0.1, 0.15) is 43.0 Å². The topological polar surface area (TPSA) is 202 Å². The SMILES string of the molecule is COc1ccc(CN(Cc2ccc(OC)cc2)S(=O)(=O)c2c(S(=O)(=O)N[C@@H](CNC(=O)OCc3ccccc3)CO[Si](C)(C)C(C)(C)C)ccc(I)c2-c2nnn(Cc3ccc(OC)cc3)n2)cc1. The molecule has 0 saturated carbocycles. The second-order valence-electron chi connectivity index (χ2n) is 17.5. The maximum absolute atomic E-state index is 15.8. The van der Waals surface area contributed by atoms with E-state index < -0.39 is 50.3 Å². The maximum atomic E-state index is 15.8. The van der Waals surface area contributed by atoms with Crippen LogP contribution in [0.25, 0.3) is 11.4 Å². The summed E-state index contributed by atoms with van der Waals surface area (Å²) in [6.45, 7) is 9.56. The van der Waals surface area contributed by atoms with Crippen molar-refractivity contribution in [2.75, 3.05) is 34.5 Å². The average Bonchev–Trinajstić information content (AvgIpc) is 3.79. The summed E-state index contributed by atoms with van der Waals surface area (Å²) >= 11 is 1.95. The number of nitrogens with zero attached hydrogens (tertiary/aromatic N) is 5. The molecule has 0 unspecified atom stereocenters. The van der Waals surface area contributed by atoms with E-state index in [4.69, 9.17) is 23.4 Å². The van der Waals surface area contributed by atoms with Crippen LogP contribution in [0.5, 0.6) is 17.2 Å². The summed E-state index contributed by atoms with van der Waals surface area (Å²) in [5.74, 6) is 1.66. The minimum Gasteiger partial charge on any atom is -0.497 e. The van der Waals surface area contributed by atoms with E-state index in [1.165, 1.54) is 35.5 Å². The largest absolute Gasteiger partial charge is 0.497 e. The lowest BCUT2D eigenvalue weighted by molar-refractivity contribution is 0.137. The summed E-state index contributed by atoms with van der Waals surface area (Å²) in [5, 5.41) is 15.6. The third-order valence-electron chi connectivity index (χ3n) is 11.6. The number of benzene rings is 5. The Kier molecular flexibility index (Phi) is 17.6. The Hall–Kier alpha value is -5.43. The minimum atomic E-state index is -4.85. The highest BCUT2D eigenvalue weighted by molar-refractivity contribution is 14.1. The average molecular weight is 1110 g/mol. The molecule has 1 heterocycles. The van der Waals surface area contributed by atoms with E-state index in [0.29, 0.717) is 31.9 Å². The number of hydrogen-bond acceptors (Lipinski definition) is 13. The zero-order valence-electron chi connectivity index (χ0n) is 39.8. The fraction of sp³-hybridized carbons (Fsp3) is 0.333. The van der Waals surface area contributed by atoms with Crippen LogP contribution >= 0.6 is 22.6 Å². The zero-order chi connectivity index (χ0) is 50.0. The Balaban J connectivity index is 1.46. The van der Waals surface area contributed by atoms with Crippen molar-refractivity contribution in [1.29, 1.82) is 0 Å². The lowest BCUT2D eigenvalue weighted by Crippen LogP contribution is -2.50. The predicted molar refractivity (Wildman–Crippen MR) is 272 cm³/mol. The van der Waals surface area contributed by atoms with Crippen LogP contribution in [0.4, 0.5) is 4.79 Å². The molecule has 6 aromatic rings. The number of sulfonamides is 2. The Labute approximate surface area is 419 Å². The molecule has 69 heavy (non-hydrogen) atoms. The molecule has 1 aromatic heterocycles. The number of carbonyl (C=O) groups excluding carboxylic acids is 1. The first-order valence-corrected chi connectivity index (χ1v) is 28.7. The Morgan fingerprint density at radius 2 is 1.29 bits per heavy atom. The second kappa shape index (κ2) is 23.0. The van der Waals surface area contributed by atoms with Gasteiger partial charge in [0, 0.05) is 23.2 Å². The number of methoxy groups -OCH3 is 3. The van der Waals surface area contributed by atoms with E-state index in [1.807, 2.05) is 98.9 Å². The molecule has 2 N–H and O–H groups in total. The number of amides is 1. The highest BCUT2D eigenvalue weighted by Crippen LogP contribution is 2.39. The van der Waals surface area contributed by atoms with Crippen molar-refractivity contribution in [3.63, 3.8) is 0 Å². The van der Waals surface area contributed by atoms with Gasteiger partial charge in [-0.1, -0.05) is 87.5 Å². The summed E-state index contributed by atoms with van der Waals surface area (Å²) in [7, 11) is -7.54. The van der Waals surface area contributed by atoms with Gasteiger partial charge in [-0.05, 0) is 117 Å². The van der Waals surface area contributed by atoms with Gasteiger partial charge in [0.1, 0.15) is 33.6 Å². The van der Waals surface area contributed by atoms with E-state index in [-0.39, 0.29) is 55.8 Å². The third-order valence-corrected chi connectivity index (χ3v) is 20.6. The zero-order valence-corrected chi connectivity index (χ0v) is 44.6. The number of carbonyl (C=O) groups is 1. The number of ether oxygens (including phenoxy) is 4. The van der Waals surface area contributed by atoms with Gasteiger partial charge < -0.3 is 28.7 Å². The van der Waals surface area contributed by atoms with Crippen molar-refractivity contribution in [1.82, 2.24) is 34.6 Å². The Bertz CT molecular complexity index is 2840. The standard InChI is InChI=1S/C48H58IN7O10S2Si/c1-48(2,3)69(7,8)66-33-38(28-50-47(57)65-32-37-12-10-9-11-13-37)53-67(58,59)43-27-26-42(49)44(46-51-54-56(52-46)31-36-18-24-41(64-6)25-19-36)45(43)68(60,61)55(29-34-14-20-39(62-4)21-15-34)30-35-16-22-40(63-5)23-17-35/h9-27,38,53H,28-33H2,1-8H3,(H,50,57)/t38-/m0/s1. The summed E-state index contributed by atoms with van der Waals surface area (Å²) in [5.41, 5.74) is 2.68. The van der Waals surface area contributed by atoms with Crippen LogP contribution in [0.2, 0.25) is 18.1 Å². The van der Waals surface area contributed by atoms with Crippen LogP contribution in [0.15, 0.2) is 125 Å². The van der Waals surface area contributed by atoms with Gasteiger partial charge in [0.05, 0.1) is 46.1 Å². The van der Waals surface area contributed by atoms with Crippen molar-refractivity contribution < 1.29 is 45.0 Å². The lowest BCUT2D eigenvalue weighted by atomic mass is 10.2. The van der Waals surface area contributed by atoms with Gasteiger partial charge in [0.25, 0.3) is 0 Å². The van der Waals surface area contributed by atoms with Crippen molar-refractivity contribution >= 4 is 57.0 Å². The third kappa shape index (κ3) is 13.9. The van der Waals surface area contributed by atoms with Crippen LogP contribution in [-0.2, 0) is 55.5 Å². The van der Waals surface area contributed by atoms with Gasteiger partial charge in [0.15, 0.2) is 8.32 Å². The van der Waals surface area contributed by atoms with Crippen LogP contribution in [0, 0.1) is 3.57 Å². The Morgan fingerprint density at radius 3 is 1.81 bits per heavy atom. The molecule has 21 heteroatoms. The van der Waals surface area contributed by atoms with Crippen molar-refractivity contribution in [3.05, 3.63) is 141 Å².